The molecule has 0 radical (unpaired) electrons. The lowest BCUT2D eigenvalue weighted by Crippen LogP contribution is -2.48. The molecule has 0 saturated heterocycles. The number of amides is 2. The average molecular weight is 491 g/mol. The zero-order valence-electron chi connectivity index (χ0n) is 20.1. The SMILES string of the molecule is COc1ccc(CCNC(=O)C(CC(=O)OCc2ccccc2)NC(=O)OCc2ccccc2)cc1. The Labute approximate surface area is 210 Å². The van der Waals surface area contributed by atoms with E-state index in [4.69, 9.17) is 14.2 Å². The summed E-state index contributed by atoms with van der Waals surface area (Å²) in [5.74, 6) is -0.371. The Bertz CT molecular complexity index is 1050. The number of ether oxygens (including phenoxy) is 3. The molecule has 2 amide bonds. The first-order valence-corrected chi connectivity index (χ1v) is 11.6. The number of esters is 1. The van der Waals surface area contributed by atoms with Crippen molar-refractivity contribution >= 4 is 18.0 Å². The first kappa shape index (κ1) is 26.3. The average Bonchev–Trinajstić information content (AvgIpc) is 2.92. The van der Waals surface area contributed by atoms with Gasteiger partial charge in [0.2, 0.25) is 5.91 Å². The number of hydrogen-bond donors (Lipinski definition) is 2. The first-order valence-electron chi connectivity index (χ1n) is 11.6. The smallest absolute Gasteiger partial charge is 0.408 e. The lowest BCUT2D eigenvalue weighted by atomic mass is 10.1. The molecule has 36 heavy (non-hydrogen) atoms. The van der Waals surface area contributed by atoms with E-state index in [-0.39, 0.29) is 19.6 Å². The molecule has 0 heterocycles. The normalized spacial score (nSPS) is 11.1. The van der Waals surface area contributed by atoms with Crippen LogP contribution in [0.2, 0.25) is 0 Å². The fraction of sp³-hybridized carbons (Fsp3) is 0.250. The van der Waals surface area contributed by atoms with Gasteiger partial charge in [0.25, 0.3) is 0 Å². The Morgan fingerprint density at radius 1 is 0.750 bits per heavy atom. The minimum absolute atomic E-state index is 0.0386. The molecule has 0 spiro atoms. The molecule has 3 rings (SSSR count). The van der Waals surface area contributed by atoms with Crippen LogP contribution in [0.25, 0.3) is 0 Å². The molecule has 0 bridgehead atoms. The number of carbonyl (C=O) groups excluding carboxylic acids is 3. The van der Waals surface area contributed by atoms with Crippen LogP contribution in [0.4, 0.5) is 4.79 Å². The third-order valence-corrected chi connectivity index (χ3v) is 5.31. The summed E-state index contributed by atoms with van der Waals surface area (Å²) in [4.78, 5) is 37.7. The topological polar surface area (TPSA) is 103 Å². The van der Waals surface area contributed by atoms with Crippen LogP contribution in [0.15, 0.2) is 84.9 Å². The molecule has 1 unspecified atom stereocenters. The molecule has 0 aliphatic heterocycles. The van der Waals surface area contributed by atoms with Crippen LogP contribution in [-0.2, 0) is 38.7 Å². The fourth-order valence-corrected chi connectivity index (χ4v) is 3.33. The van der Waals surface area contributed by atoms with Gasteiger partial charge in [-0.15, -0.1) is 0 Å². The Kier molecular flexibility index (Phi) is 10.3. The van der Waals surface area contributed by atoms with Gasteiger partial charge < -0.3 is 24.8 Å². The van der Waals surface area contributed by atoms with Gasteiger partial charge >= 0.3 is 12.1 Å². The minimum Gasteiger partial charge on any atom is -0.497 e. The van der Waals surface area contributed by atoms with Gasteiger partial charge in [0.15, 0.2) is 0 Å². The van der Waals surface area contributed by atoms with Gasteiger partial charge in [-0.3, -0.25) is 9.59 Å². The van der Waals surface area contributed by atoms with Crippen LogP contribution in [0.1, 0.15) is 23.1 Å². The highest BCUT2D eigenvalue weighted by Gasteiger charge is 2.25. The molecular weight excluding hydrogens is 460 g/mol. The van der Waals surface area contributed by atoms with E-state index in [2.05, 4.69) is 10.6 Å². The maximum Gasteiger partial charge on any atom is 0.408 e. The van der Waals surface area contributed by atoms with Gasteiger partial charge in [-0.05, 0) is 35.2 Å². The van der Waals surface area contributed by atoms with Crippen LogP contribution in [0.5, 0.6) is 5.75 Å². The van der Waals surface area contributed by atoms with Gasteiger partial charge in [-0.2, -0.15) is 0 Å². The number of nitrogens with one attached hydrogen (secondary N) is 2. The highest BCUT2D eigenvalue weighted by atomic mass is 16.5. The molecule has 3 aromatic rings. The summed E-state index contributed by atoms with van der Waals surface area (Å²) < 4.78 is 15.7. The van der Waals surface area contributed by atoms with Crippen LogP contribution >= 0.6 is 0 Å². The van der Waals surface area contributed by atoms with Crippen molar-refractivity contribution in [2.24, 2.45) is 0 Å². The van der Waals surface area contributed by atoms with E-state index in [9.17, 15) is 14.4 Å². The molecule has 1 atom stereocenters. The van der Waals surface area contributed by atoms with Crippen LogP contribution in [0.3, 0.4) is 0 Å². The van der Waals surface area contributed by atoms with E-state index >= 15 is 0 Å². The predicted octanol–water partition coefficient (Wildman–Crippen LogP) is 3.78. The second-order valence-corrected chi connectivity index (χ2v) is 8.00. The monoisotopic (exact) mass is 490 g/mol. The summed E-state index contributed by atoms with van der Waals surface area (Å²) in [5, 5.41) is 5.26. The van der Waals surface area contributed by atoms with Crippen LogP contribution in [0, 0.1) is 0 Å². The zero-order chi connectivity index (χ0) is 25.6. The number of rotatable bonds is 12. The van der Waals surface area contributed by atoms with Crippen molar-refractivity contribution in [3.8, 4) is 5.75 Å². The fourth-order valence-electron chi connectivity index (χ4n) is 3.33. The quantitative estimate of drug-likeness (QED) is 0.375. The van der Waals surface area contributed by atoms with Gasteiger partial charge in [-0.1, -0.05) is 72.8 Å². The standard InChI is InChI=1S/C28H30N2O6/c1-34-24-14-12-21(13-15-24)16-17-29-27(32)25(18-26(31)35-19-22-8-4-2-5-9-22)30-28(33)36-20-23-10-6-3-7-11-23/h2-15,25H,16-20H2,1H3,(H,29,32)(H,30,33). The maximum absolute atomic E-state index is 12.8. The number of carbonyl (C=O) groups is 3. The van der Waals surface area contributed by atoms with Crippen molar-refractivity contribution in [1.29, 1.82) is 0 Å². The van der Waals surface area contributed by atoms with E-state index < -0.39 is 24.0 Å². The second kappa shape index (κ2) is 14.2. The van der Waals surface area contributed by atoms with Crippen molar-refractivity contribution in [3.63, 3.8) is 0 Å². The molecule has 0 aromatic heterocycles. The van der Waals surface area contributed by atoms with E-state index in [1.807, 2.05) is 84.9 Å². The Hall–Kier alpha value is -4.33. The summed E-state index contributed by atoms with van der Waals surface area (Å²) in [6.45, 7) is 0.433. The first-order chi connectivity index (χ1) is 17.5. The van der Waals surface area contributed by atoms with Crippen molar-refractivity contribution in [1.82, 2.24) is 10.6 Å². The Morgan fingerprint density at radius 3 is 1.92 bits per heavy atom. The molecule has 0 aliphatic carbocycles. The zero-order valence-corrected chi connectivity index (χ0v) is 20.1. The molecular formula is C28H30N2O6. The summed E-state index contributed by atoms with van der Waals surface area (Å²) in [6, 6.07) is 24.7. The van der Waals surface area contributed by atoms with Gasteiger partial charge in [0, 0.05) is 6.54 Å². The second-order valence-electron chi connectivity index (χ2n) is 8.00. The summed E-state index contributed by atoms with van der Waals surface area (Å²) in [7, 11) is 1.60. The van der Waals surface area contributed by atoms with Crippen molar-refractivity contribution in [2.45, 2.75) is 32.1 Å². The number of alkyl carbamates (subject to hydrolysis) is 1. The predicted molar refractivity (Wildman–Crippen MR) is 134 cm³/mol. The molecule has 0 aliphatic rings. The van der Waals surface area contributed by atoms with Gasteiger partial charge in [0.05, 0.1) is 13.5 Å². The largest absolute Gasteiger partial charge is 0.497 e. The van der Waals surface area contributed by atoms with Crippen LogP contribution < -0.4 is 15.4 Å². The van der Waals surface area contributed by atoms with E-state index in [0.29, 0.717) is 13.0 Å². The Morgan fingerprint density at radius 2 is 1.33 bits per heavy atom. The van der Waals surface area contributed by atoms with Crippen LogP contribution in [-0.4, -0.2) is 37.7 Å². The molecule has 0 fully saturated rings. The van der Waals surface area contributed by atoms with Gasteiger partial charge in [-0.25, -0.2) is 4.79 Å². The minimum atomic E-state index is -1.15. The molecule has 8 heteroatoms. The van der Waals surface area contributed by atoms with Crippen molar-refractivity contribution in [3.05, 3.63) is 102 Å². The van der Waals surface area contributed by atoms with Crippen molar-refractivity contribution < 1.29 is 28.6 Å². The van der Waals surface area contributed by atoms with E-state index in [1.54, 1.807) is 7.11 Å². The molecule has 8 nitrogen and oxygen atoms in total. The lowest BCUT2D eigenvalue weighted by molar-refractivity contribution is -0.147. The molecule has 3 aromatic carbocycles. The van der Waals surface area contributed by atoms with Gasteiger partial charge in [0.1, 0.15) is 25.0 Å². The lowest BCUT2D eigenvalue weighted by Gasteiger charge is -2.18. The van der Waals surface area contributed by atoms with E-state index in [1.165, 1.54) is 0 Å². The van der Waals surface area contributed by atoms with E-state index in [0.717, 1.165) is 22.4 Å². The van der Waals surface area contributed by atoms with Crippen molar-refractivity contribution in [2.75, 3.05) is 13.7 Å². The third-order valence-electron chi connectivity index (χ3n) is 5.31. The summed E-state index contributed by atoms with van der Waals surface area (Å²) >= 11 is 0. The highest BCUT2D eigenvalue weighted by Crippen LogP contribution is 2.11. The third kappa shape index (κ3) is 9.13. The molecule has 2 N–H and O–H groups in total. The molecule has 0 saturated carbocycles. The maximum atomic E-state index is 12.8. The summed E-state index contributed by atoms with van der Waals surface area (Å²) in [6.07, 6.45) is -0.564. The number of methoxy groups -OCH3 is 1. The summed E-state index contributed by atoms with van der Waals surface area (Å²) in [5.41, 5.74) is 2.63. The Balaban J connectivity index is 1.54. The number of benzene rings is 3. The number of hydrogen-bond acceptors (Lipinski definition) is 6. The molecule has 188 valence electrons. The highest BCUT2D eigenvalue weighted by molar-refractivity contribution is 5.89.